The number of aromatic nitrogens is 3. The standard InChI is InChI=1S/C9H9N5O/c10-8-3-1-2-7(14-8)9(15)13-6-4-11-12-5-6/h1-5H,(H2,10,14)(H,11,12)(H,13,15). The van der Waals surface area contributed by atoms with E-state index in [4.69, 9.17) is 5.73 Å². The molecular formula is C9H9N5O. The van der Waals surface area contributed by atoms with E-state index in [1.54, 1.807) is 24.4 Å². The van der Waals surface area contributed by atoms with E-state index in [9.17, 15) is 4.79 Å². The number of carbonyl (C=O) groups excluding carboxylic acids is 1. The SMILES string of the molecule is Nc1cccc(C(=O)Nc2cn[nH]c2)n1. The number of pyridine rings is 1. The van der Waals surface area contributed by atoms with Crippen molar-refractivity contribution in [3.05, 3.63) is 36.3 Å². The molecule has 6 heteroatoms. The van der Waals surface area contributed by atoms with Crippen LogP contribution in [0.5, 0.6) is 0 Å². The summed E-state index contributed by atoms with van der Waals surface area (Å²) in [7, 11) is 0. The van der Waals surface area contributed by atoms with E-state index < -0.39 is 0 Å². The molecule has 4 N–H and O–H groups in total. The minimum absolute atomic E-state index is 0.274. The molecule has 15 heavy (non-hydrogen) atoms. The zero-order valence-corrected chi connectivity index (χ0v) is 7.77. The molecule has 1 amide bonds. The third kappa shape index (κ3) is 2.11. The summed E-state index contributed by atoms with van der Waals surface area (Å²) < 4.78 is 0. The van der Waals surface area contributed by atoms with Crippen molar-refractivity contribution in [2.24, 2.45) is 0 Å². The summed E-state index contributed by atoms with van der Waals surface area (Å²) >= 11 is 0. The third-order valence-electron chi connectivity index (χ3n) is 1.76. The highest BCUT2D eigenvalue weighted by molar-refractivity contribution is 6.02. The number of hydrogen-bond acceptors (Lipinski definition) is 4. The molecule has 0 bridgehead atoms. The molecule has 0 aliphatic carbocycles. The Kier molecular flexibility index (Phi) is 2.32. The lowest BCUT2D eigenvalue weighted by atomic mass is 10.3. The molecule has 2 aromatic rings. The van der Waals surface area contributed by atoms with Crippen LogP contribution in [-0.2, 0) is 0 Å². The maximum Gasteiger partial charge on any atom is 0.274 e. The van der Waals surface area contributed by atoms with Gasteiger partial charge in [0.05, 0.1) is 11.9 Å². The number of carbonyl (C=O) groups is 1. The molecule has 0 fully saturated rings. The van der Waals surface area contributed by atoms with Crippen LogP contribution in [0.3, 0.4) is 0 Å². The number of aromatic amines is 1. The van der Waals surface area contributed by atoms with Gasteiger partial charge in [-0.25, -0.2) is 4.98 Å². The van der Waals surface area contributed by atoms with Gasteiger partial charge < -0.3 is 11.1 Å². The Morgan fingerprint density at radius 2 is 2.33 bits per heavy atom. The van der Waals surface area contributed by atoms with Gasteiger partial charge >= 0.3 is 0 Å². The number of rotatable bonds is 2. The zero-order valence-electron chi connectivity index (χ0n) is 7.77. The minimum Gasteiger partial charge on any atom is -0.384 e. The van der Waals surface area contributed by atoms with Gasteiger partial charge in [-0.2, -0.15) is 5.10 Å². The Morgan fingerprint density at radius 3 is 3.00 bits per heavy atom. The summed E-state index contributed by atoms with van der Waals surface area (Å²) in [5.41, 5.74) is 6.32. The van der Waals surface area contributed by atoms with E-state index in [0.717, 1.165) is 0 Å². The first-order valence-electron chi connectivity index (χ1n) is 4.28. The lowest BCUT2D eigenvalue weighted by Crippen LogP contribution is -2.13. The normalized spacial score (nSPS) is 9.87. The number of nitrogens with one attached hydrogen (secondary N) is 2. The molecule has 0 aromatic carbocycles. The van der Waals surface area contributed by atoms with Crippen molar-refractivity contribution in [3.63, 3.8) is 0 Å². The van der Waals surface area contributed by atoms with Crippen molar-refractivity contribution in [2.45, 2.75) is 0 Å². The fraction of sp³-hybridized carbons (Fsp3) is 0. The monoisotopic (exact) mass is 203 g/mol. The fourth-order valence-electron chi connectivity index (χ4n) is 1.09. The van der Waals surface area contributed by atoms with Gasteiger partial charge in [-0.15, -0.1) is 0 Å². The average molecular weight is 203 g/mol. The number of H-pyrrole nitrogens is 1. The molecule has 0 aliphatic rings. The van der Waals surface area contributed by atoms with Crippen molar-refractivity contribution in [1.82, 2.24) is 15.2 Å². The molecule has 0 aliphatic heterocycles. The Hall–Kier alpha value is -2.37. The second kappa shape index (κ2) is 3.79. The highest BCUT2D eigenvalue weighted by atomic mass is 16.1. The van der Waals surface area contributed by atoms with Crippen molar-refractivity contribution in [1.29, 1.82) is 0 Å². The molecule has 0 radical (unpaired) electrons. The smallest absolute Gasteiger partial charge is 0.274 e. The van der Waals surface area contributed by atoms with Gasteiger partial charge in [0.1, 0.15) is 11.5 Å². The summed E-state index contributed by atoms with van der Waals surface area (Å²) in [4.78, 5) is 15.5. The largest absolute Gasteiger partial charge is 0.384 e. The van der Waals surface area contributed by atoms with Gasteiger partial charge in [0.2, 0.25) is 0 Å². The number of anilines is 2. The van der Waals surface area contributed by atoms with E-state index in [0.29, 0.717) is 11.5 Å². The predicted molar refractivity (Wildman–Crippen MR) is 55.2 cm³/mol. The maximum atomic E-state index is 11.6. The lowest BCUT2D eigenvalue weighted by molar-refractivity contribution is 0.102. The van der Waals surface area contributed by atoms with Crippen molar-refractivity contribution in [3.8, 4) is 0 Å². The topological polar surface area (TPSA) is 96.7 Å². The highest BCUT2D eigenvalue weighted by Crippen LogP contribution is 2.06. The van der Waals surface area contributed by atoms with Gasteiger partial charge in [-0.3, -0.25) is 9.89 Å². The molecule has 6 nitrogen and oxygen atoms in total. The Labute approximate surface area is 85.5 Å². The molecule has 76 valence electrons. The van der Waals surface area contributed by atoms with Crippen molar-refractivity contribution < 1.29 is 4.79 Å². The van der Waals surface area contributed by atoms with Gasteiger partial charge in [-0.05, 0) is 12.1 Å². The Bertz CT molecular complexity index is 465. The summed E-state index contributed by atoms with van der Waals surface area (Å²) in [6.07, 6.45) is 3.08. The lowest BCUT2D eigenvalue weighted by Gasteiger charge is -2.01. The quantitative estimate of drug-likeness (QED) is 0.667. The number of amides is 1. The third-order valence-corrected chi connectivity index (χ3v) is 1.76. The van der Waals surface area contributed by atoms with Crippen molar-refractivity contribution in [2.75, 3.05) is 11.1 Å². The highest BCUT2D eigenvalue weighted by Gasteiger charge is 2.07. The molecule has 0 unspecified atom stereocenters. The summed E-state index contributed by atoms with van der Waals surface area (Å²) in [6.45, 7) is 0. The van der Waals surface area contributed by atoms with E-state index in [1.807, 2.05) is 0 Å². The molecule has 2 aromatic heterocycles. The van der Waals surface area contributed by atoms with E-state index >= 15 is 0 Å². The van der Waals surface area contributed by atoms with E-state index in [1.165, 1.54) is 6.20 Å². The second-order valence-electron chi connectivity index (χ2n) is 2.89. The van der Waals surface area contributed by atoms with Crippen molar-refractivity contribution >= 4 is 17.4 Å². The Balaban J connectivity index is 2.15. The molecule has 0 saturated carbocycles. The molecule has 0 spiro atoms. The van der Waals surface area contributed by atoms with Crippen LogP contribution >= 0.6 is 0 Å². The molecular weight excluding hydrogens is 194 g/mol. The first kappa shape index (κ1) is 9.20. The van der Waals surface area contributed by atoms with Crippen LogP contribution in [0.4, 0.5) is 11.5 Å². The van der Waals surface area contributed by atoms with Crippen LogP contribution in [0.25, 0.3) is 0 Å². The zero-order chi connectivity index (χ0) is 10.7. The van der Waals surface area contributed by atoms with Crippen LogP contribution in [-0.4, -0.2) is 21.1 Å². The molecule has 2 heterocycles. The number of nitrogen functional groups attached to an aromatic ring is 1. The summed E-state index contributed by atoms with van der Waals surface area (Å²) in [5.74, 6) is -0.00135. The van der Waals surface area contributed by atoms with Gasteiger partial charge in [0.25, 0.3) is 5.91 Å². The second-order valence-corrected chi connectivity index (χ2v) is 2.89. The average Bonchev–Trinajstić information content (AvgIpc) is 2.70. The van der Waals surface area contributed by atoms with Crippen LogP contribution in [0.2, 0.25) is 0 Å². The van der Waals surface area contributed by atoms with Gasteiger partial charge in [0, 0.05) is 6.20 Å². The number of nitrogens with zero attached hydrogens (tertiary/aromatic N) is 2. The number of hydrogen-bond donors (Lipinski definition) is 3. The van der Waals surface area contributed by atoms with Gasteiger partial charge in [-0.1, -0.05) is 6.07 Å². The van der Waals surface area contributed by atoms with E-state index in [2.05, 4.69) is 20.5 Å². The number of nitrogens with two attached hydrogens (primary N) is 1. The first-order valence-corrected chi connectivity index (χ1v) is 4.28. The summed E-state index contributed by atoms with van der Waals surface area (Å²) in [5, 5.41) is 8.90. The Morgan fingerprint density at radius 1 is 1.47 bits per heavy atom. The molecule has 0 saturated heterocycles. The molecule has 2 rings (SSSR count). The van der Waals surface area contributed by atoms with Crippen LogP contribution in [0.1, 0.15) is 10.5 Å². The first-order chi connectivity index (χ1) is 7.25. The minimum atomic E-state index is -0.316. The fourth-order valence-corrected chi connectivity index (χ4v) is 1.09. The molecule has 0 atom stereocenters. The van der Waals surface area contributed by atoms with Crippen LogP contribution in [0.15, 0.2) is 30.6 Å². The summed E-state index contributed by atoms with van der Waals surface area (Å²) in [6, 6.07) is 4.88. The van der Waals surface area contributed by atoms with Crippen LogP contribution < -0.4 is 11.1 Å². The van der Waals surface area contributed by atoms with E-state index in [-0.39, 0.29) is 11.6 Å². The van der Waals surface area contributed by atoms with Crippen LogP contribution in [0, 0.1) is 0 Å². The van der Waals surface area contributed by atoms with Gasteiger partial charge in [0.15, 0.2) is 0 Å². The predicted octanol–water partition coefficient (Wildman–Crippen LogP) is 0.639. The maximum absolute atomic E-state index is 11.6.